The standard InChI is InChI=1S/C12H9F2N5/c13-7-3-9-11(10(14)4-7)16-6-17-12(9)15-5-8-1-2-18-19-8/h1-4,6H,5H2,(H,18,19)(H,15,16,17). The smallest absolute Gasteiger partial charge is 0.152 e. The van der Waals surface area contributed by atoms with Crippen LogP contribution in [-0.4, -0.2) is 20.2 Å². The summed E-state index contributed by atoms with van der Waals surface area (Å²) in [6.45, 7) is 0.421. The first kappa shape index (κ1) is 11.5. The van der Waals surface area contributed by atoms with Gasteiger partial charge in [0.15, 0.2) is 5.82 Å². The summed E-state index contributed by atoms with van der Waals surface area (Å²) in [6.07, 6.45) is 2.85. The molecule has 3 aromatic rings. The summed E-state index contributed by atoms with van der Waals surface area (Å²) in [4.78, 5) is 7.81. The molecule has 0 aliphatic carbocycles. The monoisotopic (exact) mass is 261 g/mol. The molecule has 5 nitrogen and oxygen atoms in total. The van der Waals surface area contributed by atoms with E-state index in [1.165, 1.54) is 12.4 Å². The van der Waals surface area contributed by atoms with Crippen LogP contribution in [-0.2, 0) is 6.54 Å². The number of hydrogen-bond acceptors (Lipinski definition) is 4. The quantitative estimate of drug-likeness (QED) is 0.758. The molecular weight excluding hydrogens is 252 g/mol. The van der Waals surface area contributed by atoms with Crippen molar-refractivity contribution in [3.05, 3.63) is 48.1 Å². The number of fused-ring (bicyclic) bond motifs is 1. The van der Waals surface area contributed by atoms with Gasteiger partial charge in [-0.2, -0.15) is 5.10 Å². The van der Waals surface area contributed by atoms with Crippen LogP contribution >= 0.6 is 0 Å². The largest absolute Gasteiger partial charge is 0.364 e. The van der Waals surface area contributed by atoms with Gasteiger partial charge in [-0.1, -0.05) is 0 Å². The number of benzene rings is 1. The third-order valence-corrected chi connectivity index (χ3v) is 2.66. The van der Waals surface area contributed by atoms with E-state index < -0.39 is 11.6 Å². The van der Waals surface area contributed by atoms with E-state index in [4.69, 9.17) is 0 Å². The first-order chi connectivity index (χ1) is 9.24. The van der Waals surface area contributed by atoms with E-state index >= 15 is 0 Å². The van der Waals surface area contributed by atoms with E-state index in [9.17, 15) is 8.78 Å². The number of aromatic nitrogens is 4. The normalized spacial score (nSPS) is 10.8. The van der Waals surface area contributed by atoms with Crippen LogP contribution < -0.4 is 5.32 Å². The van der Waals surface area contributed by atoms with Crippen molar-refractivity contribution in [2.75, 3.05) is 5.32 Å². The second-order valence-electron chi connectivity index (χ2n) is 3.94. The van der Waals surface area contributed by atoms with Gasteiger partial charge in [0.2, 0.25) is 0 Å². The lowest BCUT2D eigenvalue weighted by Crippen LogP contribution is -2.03. The van der Waals surface area contributed by atoms with E-state index in [-0.39, 0.29) is 5.52 Å². The number of nitrogens with one attached hydrogen (secondary N) is 2. The minimum absolute atomic E-state index is 0.0866. The number of anilines is 1. The first-order valence-corrected chi connectivity index (χ1v) is 5.56. The molecule has 7 heteroatoms. The Morgan fingerprint density at radius 2 is 2.11 bits per heavy atom. The number of nitrogens with zero attached hydrogens (tertiary/aromatic N) is 3. The SMILES string of the molecule is Fc1cc(F)c2ncnc(NCc3ccn[nH]3)c2c1. The summed E-state index contributed by atoms with van der Waals surface area (Å²) in [5.74, 6) is -0.996. The molecule has 2 heterocycles. The van der Waals surface area contributed by atoms with E-state index in [0.717, 1.165) is 11.8 Å². The molecule has 0 unspecified atom stereocenters. The van der Waals surface area contributed by atoms with Crippen molar-refractivity contribution in [1.82, 2.24) is 20.2 Å². The fourth-order valence-corrected chi connectivity index (χ4v) is 1.79. The van der Waals surface area contributed by atoms with E-state index in [1.807, 2.05) is 0 Å². The molecular formula is C12H9F2N5. The fraction of sp³-hybridized carbons (Fsp3) is 0.0833. The van der Waals surface area contributed by atoms with Crippen molar-refractivity contribution in [2.45, 2.75) is 6.54 Å². The number of aromatic amines is 1. The van der Waals surface area contributed by atoms with Gasteiger partial charge in [-0.25, -0.2) is 18.7 Å². The van der Waals surface area contributed by atoms with E-state index in [2.05, 4.69) is 25.5 Å². The van der Waals surface area contributed by atoms with Crippen molar-refractivity contribution in [3.8, 4) is 0 Å². The van der Waals surface area contributed by atoms with Gasteiger partial charge < -0.3 is 5.32 Å². The maximum atomic E-state index is 13.6. The summed E-state index contributed by atoms with van der Waals surface area (Å²) in [5.41, 5.74) is 0.923. The molecule has 0 atom stereocenters. The van der Waals surface area contributed by atoms with Crippen LogP contribution in [0.4, 0.5) is 14.6 Å². The number of rotatable bonds is 3. The van der Waals surface area contributed by atoms with Gasteiger partial charge in [-0.3, -0.25) is 5.10 Å². The summed E-state index contributed by atoms with van der Waals surface area (Å²) in [7, 11) is 0. The lowest BCUT2D eigenvalue weighted by atomic mass is 10.2. The zero-order valence-corrected chi connectivity index (χ0v) is 9.69. The minimum Gasteiger partial charge on any atom is -0.364 e. The van der Waals surface area contributed by atoms with Crippen molar-refractivity contribution < 1.29 is 8.78 Å². The van der Waals surface area contributed by atoms with Gasteiger partial charge in [-0.05, 0) is 12.1 Å². The molecule has 0 saturated carbocycles. The highest BCUT2D eigenvalue weighted by Crippen LogP contribution is 2.23. The third-order valence-electron chi connectivity index (χ3n) is 2.66. The van der Waals surface area contributed by atoms with Gasteiger partial charge in [0.05, 0.1) is 12.2 Å². The van der Waals surface area contributed by atoms with Crippen LogP contribution in [0.15, 0.2) is 30.7 Å². The Kier molecular flexibility index (Phi) is 2.79. The van der Waals surface area contributed by atoms with Crippen molar-refractivity contribution in [2.24, 2.45) is 0 Å². The van der Waals surface area contributed by atoms with Crippen LogP contribution in [0.3, 0.4) is 0 Å². The predicted molar refractivity (Wildman–Crippen MR) is 65.4 cm³/mol. The van der Waals surface area contributed by atoms with Crippen molar-refractivity contribution in [3.63, 3.8) is 0 Å². The minimum atomic E-state index is -0.706. The zero-order chi connectivity index (χ0) is 13.2. The summed E-state index contributed by atoms with van der Waals surface area (Å²) in [5, 5.41) is 9.88. The average Bonchev–Trinajstić information content (AvgIpc) is 2.89. The van der Waals surface area contributed by atoms with Crippen LogP contribution in [0, 0.1) is 11.6 Å². The maximum absolute atomic E-state index is 13.6. The maximum Gasteiger partial charge on any atom is 0.152 e. The third kappa shape index (κ3) is 2.22. The molecule has 2 aromatic heterocycles. The van der Waals surface area contributed by atoms with Crippen molar-refractivity contribution in [1.29, 1.82) is 0 Å². The molecule has 2 N–H and O–H groups in total. The van der Waals surface area contributed by atoms with Crippen LogP contribution in [0.25, 0.3) is 10.9 Å². The van der Waals surface area contributed by atoms with E-state index in [0.29, 0.717) is 17.7 Å². The summed E-state index contributed by atoms with van der Waals surface area (Å²) in [6, 6.07) is 3.79. The summed E-state index contributed by atoms with van der Waals surface area (Å²) < 4.78 is 26.8. The molecule has 0 spiro atoms. The van der Waals surface area contributed by atoms with E-state index in [1.54, 1.807) is 12.3 Å². The fourth-order valence-electron chi connectivity index (χ4n) is 1.79. The Morgan fingerprint density at radius 1 is 1.21 bits per heavy atom. The van der Waals surface area contributed by atoms with Gasteiger partial charge in [0.25, 0.3) is 0 Å². The average molecular weight is 261 g/mol. The van der Waals surface area contributed by atoms with Crippen molar-refractivity contribution >= 4 is 16.7 Å². The summed E-state index contributed by atoms with van der Waals surface area (Å²) >= 11 is 0. The zero-order valence-electron chi connectivity index (χ0n) is 9.69. The first-order valence-electron chi connectivity index (χ1n) is 5.56. The second-order valence-corrected chi connectivity index (χ2v) is 3.94. The predicted octanol–water partition coefficient (Wildman–Crippen LogP) is 2.24. The topological polar surface area (TPSA) is 66.5 Å². The highest BCUT2D eigenvalue weighted by Gasteiger charge is 2.10. The number of halogens is 2. The Hall–Kier alpha value is -2.57. The lowest BCUT2D eigenvalue weighted by Gasteiger charge is -2.07. The molecule has 0 radical (unpaired) electrons. The van der Waals surface area contributed by atoms with Crippen LogP contribution in [0.1, 0.15) is 5.69 Å². The Labute approximate surface area is 106 Å². The van der Waals surface area contributed by atoms with Crippen LogP contribution in [0.5, 0.6) is 0 Å². The molecule has 0 aliphatic heterocycles. The van der Waals surface area contributed by atoms with Gasteiger partial charge >= 0.3 is 0 Å². The molecule has 1 aromatic carbocycles. The molecule has 3 rings (SSSR count). The van der Waals surface area contributed by atoms with Gasteiger partial charge in [-0.15, -0.1) is 0 Å². The molecule has 0 bridgehead atoms. The molecule has 0 saturated heterocycles. The molecule has 0 aliphatic rings. The molecule has 96 valence electrons. The van der Waals surface area contributed by atoms with Crippen LogP contribution in [0.2, 0.25) is 0 Å². The number of H-pyrrole nitrogens is 1. The van der Waals surface area contributed by atoms with Gasteiger partial charge in [0.1, 0.15) is 23.5 Å². The number of hydrogen-bond donors (Lipinski definition) is 2. The lowest BCUT2D eigenvalue weighted by molar-refractivity contribution is 0.590. The molecule has 0 amide bonds. The second kappa shape index (κ2) is 4.60. The Morgan fingerprint density at radius 3 is 2.89 bits per heavy atom. The highest BCUT2D eigenvalue weighted by molar-refractivity contribution is 5.89. The highest BCUT2D eigenvalue weighted by atomic mass is 19.1. The molecule has 0 fully saturated rings. The Balaban J connectivity index is 1.99. The Bertz CT molecular complexity index is 711. The molecule has 19 heavy (non-hydrogen) atoms. The van der Waals surface area contributed by atoms with Gasteiger partial charge in [0, 0.05) is 17.6 Å².